The fraction of sp³-hybridized carbons (Fsp3) is 0.750. The molecule has 0 bridgehead atoms. The van der Waals surface area contributed by atoms with Gasteiger partial charge in [-0.05, 0) is 12.8 Å². The number of hydrogen-bond acceptors (Lipinski definition) is 3. The average Bonchev–Trinajstić information content (AvgIpc) is 2.81. The molecular weight excluding hydrogens is 172 g/mol. The highest BCUT2D eigenvalue weighted by atomic mass is 16.6. The summed E-state index contributed by atoms with van der Waals surface area (Å²) in [6, 6.07) is -0.262. The van der Waals surface area contributed by atoms with E-state index < -0.39 is 0 Å². The van der Waals surface area contributed by atoms with Crippen LogP contribution in [0.5, 0.6) is 0 Å². The number of nitrogens with zero attached hydrogens (tertiary/aromatic N) is 1. The van der Waals surface area contributed by atoms with Crippen molar-refractivity contribution in [3.05, 3.63) is 0 Å². The van der Waals surface area contributed by atoms with Crippen molar-refractivity contribution in [1.29, 1.82) is 0 Å². The summed E-state index contributed by atoms with van der Waals surface area (Å²) < 4.78 is 5.04. The molecule has 2 rings (SSSR count). The first-order chi connectivity index (χ1) is 6.25. The van der Waals surface area contributed by atoms with Crippen molar-refractivity contribution in [2.75, 3.05) is 19.7 Å². The zero-order valence-corrected chi connectivity index (χ0v) is 7.28. The molecule has 0 aliphatic carbocycles. The lowest BCUT2D eigenvalue weighted by Gasteiger charge is -2.11. The second-order valence-electron chi connectivity index (χ2n) is 3.37. The van der Waals surface area contributed by atoms with Crippen molar-refractivity contribution in [1.82, 2.24) is 10.2 Å². The van der Waals surface area contributed by atoms with Gasteiger partial charge in [0.05, 0.1) is 12.7 Å². The minimum atomic E-state index is -0.262. The second kappa shape index (κ2) is 3.33. The van der Waals surface area contributed by atoms with Gasteiger partial charge in [-0.2, -0.15) is 0 Å². The predicted molar refractivity (Wildman–Crippen MR) is 44.1 cm³/mol. The van der Waals surface area contributed by atoms with Gasteiger partial charge in [-0.1, -0.05) is 0 Å². The molecule has 72 valence electrons. The monoisotopic (exact) mass is 184 g/mol. The smallest absolute Gasteiger partial charge is 0.324 e. The van der Waals surface area contributed by atoms with Crippen molar-refractivity contribution in [2.45, 2.75) is 18.9 Å². The molecule has 0 aromatic carbocycles. The van der Waals surface area contributed by atoms with Crippen molar-refractivity contribution < 1.29 is 14.3 Å². The molecule has 1 atom stereocenters. The third-order valence-corrected chi connectivity index (χ3v) is 2.22. The molecule has 2 fully saturated rings. The Labute approximate surface area is 76.0 Å². The van der Waals surface area contributed by atoms with Crippen molar-refractivity contribution in [2.24, 2.45) is 0 Å². The first kappa shape index (κ1) is 8.50. The lowest BCUT2D eigenvalue weighted by molar-refractivity contribution is -0.118. The van der Waals surface area contributed by atoms with Crippen LogP contribution in [0.3, 0.4) is 0 Å². The number of ether oxygens (including phenoxy) is 1. The minimum absolute atomic E-state index is 0.201. The van der Waals surface area contributed by atoms with E-state index in [1.807, 2.05) is 0 Å². The first-order valence-electron chi connectivity index (χ1n) is 4.46. The zero-order chi connectivity index (χ0) is 9.26. The number of carbonyl (C=O) groups excluding carboxylic acids is 2. The molecule has 1 unspecified atom stereocenters. The molecule has 0 radical (unpaired) electrons. The lowest BCUT2D eigenvalue weighted by atomic mass is 10.2. The number of urea groups is 1. The molecule has 13 heavy (non-hydrogen) atoms. The third kappa shape index (κ3) is 2.18. The largest absolute Gasteiger partial charge is 0.373 e. The van der Waals surface area contributed by atoms with E-state index in [-0.39, 0.29) is 18.5 Å². The molecule has 2 aliphatic rings. The van der Waals surface area contributed by atoms with Gasteiger partial charge in [-0.25, -0.2) is 4.79 Å². The summed E-state index contributed by atoms with van der Waals surface area (Å²) in [5.41, 5.74) is 0. The van der Waals surface area contributed by atoms with Crippen LogP contribution in [-0.4, -0.2) is 42.6 Å². The maximum atomic E-state index is 11.0. The maximum Gasteiger partial charge on any atom is 0.324 e. The number of amides is 3. The summed E-state index contributed by atoms with van der Waals surface area (Å²) in [4.78, 5) is 23.3. The molecule has 1 N–H and O–H groups in total. The molecule has 5 nitrogen and oxygen atoms in total. The predicted octanol–water partition coefficient (Wildman–Crippen LogP) is -0.283. The number of hydrogen-bond donors (Lipinski definition) is 1. The van der Waals surface area contributed by atoms with Crippen molar-refractivity contribution >= 4 is 11.9 Å². The van der Waals surface area contributed by atoms with E-state index in [1.165, 1.54) is 4.90 Å². The minimum Gasteiger partial charge on any atom is -0.373 e. The van der Waals surface area contributed by atoms with Gasteiger partial charge >= 0.3 is 6.03 Å². The molecule has 2 heterocycles. The Kier molecular flexibility index (Phi) is 2.18. The van der Waals surface area contributed by atoms with Crippen LogP contribution < -0.4 is 5.32 Å². The van der Waals surface area contributed by atoms with Gasteiger partial charge in [-0.3, -0.25) is 10.1 Å². The molecule has 0 aromatic rings. The van der Waals surface area contributed by atoms with Crippen molar-refractivity contribution in [3.8, 4) is 0 Å². The normalized spacial score (nSPS) is 26.5. The molecular formula is C8H12N2O3. The molecule has 2 saturated heterocycles. The van der Waals surface area contributed by atoms with Crippen LogP contribution in [0, 0.1) is 0 Å². The Bertz CT molecular complexity index is 238. The highest BCUT2D eigenvalue weighted by Crippen LogP contribution is 2.15. The average molecular weight is 184 g/mol. The zero-order valence-electron chi connectivity index (χ0n) is 7.28. The van der Waals surface area contributed by atoms with Crippen LogP contribution in [0.4, 0.5) is 4.79 Å². The van der Waals surface area contributed by atoms with Gasteiger partial charge < -0.3 is 9.64 Å². The van der Waals surface area contributed by atoms with Gasteiger partial charge in [0, 0.05) is 6.54 Å². The number of epoxide rings is 1. The first-order valence-corrected chi connectivity index (χ1v) is 4.46. The number of carbonyl (C=O) groups is 2. The second-order valence-corrected chi connectivity index (χ2v) is 3.37. The molecule has 0 aromatic heterocycles. The highest BCUT2D eigenvalue weighted by Gasteiger charge is 2.27. The summed E-state index contributed by atoms with van der Waals surface area (Å²) in [6.45, 7) is 1.72. The standard InChI is InChI=1S/C8H12N2O3/c11-7-4-10(8(12)9-7)3-1-2-6-5-13-6/h6H,1-5H2,(H,9,11,12). The van der Waals surface area contributed by atoms with E-state index >= 15 is 0 Å². The fourth-order valence-electron chi connectivity index (χ4n) is 1.41. The topological polar surface area (TPSA) is 61.9 Å². The van der Waals surface area contributed by atoms with E-state index in [2.05, 4.69) is 5.32 Å². The molecule has 2 aliphatic heterocycles. The van der Waals surface area contributed by atoms with Crippen LogP contribution in [0.15, 0.2) is 0 Å². The fourth-order valence-corrected chi connectivity index (χ4v) is 1.41. The van der Waals surface area contributed by atoms with Crippen LogP contribution in [0.25, 0.3) is 0 Å². The van der Waals surface area contributed by atoms with Gasteiger partial charge in [0.1, 0.15) is 6.54 Å². The summed E-state index contributed by atoms with van der Waals surface area (Å²) in [5.74, 6) is -0.201. The number of nitrogens with one attached hydrogen (secondary N) is 1. The number of rotatable bonds is 4. The Balaban J connectivity index is 1.68. The van der Waals surface area contributed by atoms with Crippen LogP contribution in [-0.2, 0) is 9.53 Å². The Morgan fingerprint density at radius 2 is 2.31 bits per heavy atom. The van der Waals surface area contributed by atoms with Crippen LogP contribution in [0.1, 0.15) is 12.8 Å². The third-order valence-electron chi connectivity index (χ3n) is 2.22. The van der Waals surface area contributed by atoms with Crippen LogP contribution in [0.2, 0.25) is 0 Å². The van der Waals surface area contributed by atoms with E-state index in [0.29, 0.717) is 12.6 Å². The van der Waals surface area contributed by atoms with E-state index in [0.717, 1.165) is 19.4 Å². The van der Waals surface area contributed by atoms with E-state index in [9.17, 15) is 9.59 Å². The van der Waals surface area contributed by atoms with Gasteiger partial charge in [0.2, 0.25) is 5.91 Å². The Morgan fingerprint density at radius 1 is 1.54 bits per heavy atom. The molecule has 5 heteroatoms. The lowest BCUT2D eigenvalue weighted by Crippen LogP contribution is -2.29. The Hall–Kier alpha value is -1.10. The summed E-state index contributed by atoms with van der Waals surface area (Å²) in [6.07, 6.45) is 2.30. The summed E-state index contributed by atoms with van der Waals surface area (Å²) >= 11 is 0. The highest BCUT2D eigenvalue weighted by molar-refractivity contribution is 6.01. The summed E-state index contributed by atoms with van der Waals surface area (Å²) in [7, 11) is 0. The Morgan fingerprint density at radius 3 is 2.85 bits per heavy atom. The van der Waals surface area contributed by atoms with Gasteiger partial charge in [0.15, 0.2) is 0 Å². The van der Waals surface area contributed by atoms with Gasteiger partial charge in [-0.15, -0.1) is 0 Å². The van der Waals surface area contributed by atoms with E-state index in [4.69, 9.17) is 4.74 Å². The quantitative estimate of drug-likeness (QED) is 0.482. The molecule has 0 spiro atoms. The maximum absolute atomic E-state index is 11.0. The molecule has 3 amide bonds. The number of imide groups is 1. The SMILES string of the molecule is O=C1CN(CCCC2CO2)C(=O)N1. The van der Waals surface area contributed by atoms with E-state index in [1.54, 1.807) is 0 Å². The summed E-state index contributed by atoms with van der Waals surface area (Å²) in [5, 5.41) is 2.24. The van der Waals surface area contributed by atoms with Crippen LogP contribution >= 0.6 is 0 Å². The van der Waals surface area contributed by atoms with Gasteiger partial charge in [0.25, 0.3) is 0 Å². The molecule has 0 saturated carbocycles. The van der Waals surface area contributed by atoms with Crippen molar-refractivity contribution in [3.63, 3.8) is 0 Å².